The van der Waals surface area contributed by atoms with Crippen LogP contribution in [0.15, 0.2) is 30.3 Å². The van der Waals surface area contributed by atoms with E-state index < -0.39 is 17.4 Å². The van der Waals surface area contributed by atoms with Gasteiger partial charge in [0, 0.05) is 5.56 Å². The SMILES string of the molecule is Cc1ccc(C(C)C)c(Oc2c(F)cc(C=O)cc2F)c1. The van der Waals surface area contributed by atoms with Gasteiger partial charge in [-0.05, 0) is 42.2 Å². The van der Waals surface area contributed by atoms with Crippen LogP contribution < -0.4 is 4.74 Å². The molecule has 2 aromatic rings. The standard InChI is InChI=1S/C17H16F2O2/c1-10(2)13-5-4-11(3)6-16(13)21-17-14(18)7-12(9-20)8-15(17)19/h4-10H,1-3H3. The number of carbonyl (C=O) groups is 1. The van der Waals surface area contributed by atoms with E-state index in [0.717, 1.165) is 23.3 Å². The van der Waals surface area contributed by atoms with Crippen LogP contribution in [0.2, 0.25) is 0 Å². The molecule has 0 saturated carbocycles. The van der Waals surface area contributed by atoms with Crippen molar-refractivity contribution in [2.75, 3.05) is 0 Å². The summed E-state index contributed by atoms with van der Waals surface area (Å²) in [7, 11) is 0. The minimum Gasteiger partial charge on any atom is -0.451 e. The first-order valence-electron chi connectivity index (χ1n) is 6.65. The van der Waals surface area contributed by atoms with E-state index in [0.29, 0.717) is 12.0 Å². The van der Waals surface area contributed by atoms with Crippen LogP contribution in [0.4, 0.5) is 8.78 Å². The van der Waals surface area contributed by atoms with Gasteiger partial charge in [-0.1, -0.05) is 26.0 Å². The van der Waals surface area contributed by atoms with Gasteiger partial charge in [0.25, 0.3) is 0 Å². The summed E-state index contributed by atoms with van der Waals surface area (Å²) >= 11 is 0. The number of aldehydes is 1. The number of carbonyl (C=O) groups excluding carboxylic acids is 1. The molecule has 0 aliphatic carbocycles. The van der Waals surface area contributed by atoms with Crippen molar-refractivity contribution in [3.05, 3.63) is 58.7 Å². The van der Waals surface area contributed by atoms with E-state index in [9.17, 15) is 13.6 Å². The maximum Gasteiger partial charge on any atom is 0.198 e. The van der Waals surface area contributed by atoms with Gasteiger partial charge in [-0.2, -0.15) is 0 Å². The Bertz CT molecular complexity index is 655. The van der Waals surface area contributed by atoms with Crippen LogP contribution in [0.3, 0.4) is 0 Å². The Hall–Kier alpha value is -2.23. The van der Waals surface area contributed by atoms with Gasteiger partial charge >= 0.3 is 0 Å². The predicted octanol–water partition coefficient (Wildman–Crippen LogP) is 5.00. The summed E-state index contributed by atoms with van der Waals surface area (Å²) in [5.74, 6) is -1.71. The average Bonchev–Trinajstić information content (AvgIpc) is 2.42. The molecule has 0 aliphatic rings. The monoisotopic (exact) mass is 290 g/mol. The van der Waals surface area contributed by atoms with E-state index in [2.05, 4.69) is 0 Å². The molecule has 0 radical (unpaired) electrons. The molecule has 0 atom stereocenters. The third kappa shape index (κ3) is 3.27. The highest BCUT2D eigenvalue weighted by molar-refractivity contribution is 5.75. The molecular weight excluding hydrogens is 274 g/mol. The van der Waals surface area contributed by atoms with Gasteiger partial charge in [0.2, 0.25) is 0 Å². The summed E-state index contributed by atoms with van der Waals surface area (Å²) in [6.45, 7) is 5.82. The largest absolute Gasteiger partial charge is 0.451 e. The normalized spacial score (nSPS) is 10.8. The van der Waals surface area contributed by atoms with Crippen LogP contribution in [-0.2, 0) is 0 Å². The summed E-state index contributed by atoms with van der Waals surface area (Å²) in [5, 5.41) is 0. The van der Waals surface area contributed by atoms with Crippen LogP contribution in [0, 0.1) is 18.6 Å². The topological polar surface area (TPSA) is 26.3 Å². The molecule has 0 aliphatic heterocycles. The first-order chi connectivity index (χ1) is 9.92. The molecule has 110 valence electrons. The van der Waals surface area contributed by atoms with Crippen LogP contribution >= 0.6 is 0 Å². The Kier molecular flexibility index (Phi) is 4.36. The molecule has 2 rings (SSSR count). The highest BCUT2D eigenvalue weighted by atomic mass is 19.1. The lowest BCUT2D eigenvalue weighted by molar-refractivity contribution is 0.112. The molecule has 0 unspecified atom stereocenters. The Morgan fingerprint density at radius 3 is 2.24 bits per heavy atom. The Balaban J connectivity index is 2.47. The lowest BCUT2D eigenvalue weighted by Gasteiger charge is -2.15. The van der Waals surface area contributed by atoms with Gasteiger partial charge in [-0.15, -0.1) is 0 Å². The molecule has 0 fully saturated rings. The molecule has 0 amide bonds. The highest BCUT2D eigenvalue weighted by Crippen LogP contribution is 2.34. The summed E-state index contributed by atoms with van der Waals surface area (Å²) < 4.78 is 33.2. The fourth-order valence-electron chi connectivity index (χ4n) is 2.06. The van der Waals surface area contributed by atoms with E-state index in [1.165, 1.54) is 0 Å². The Morgan fingerprint density at radius 2 is 1.71 bits per heavy atom. The Morgan fingerprint density at radius 1 is 1.10 bits per heavy atom. The Labute approximate surface area is 122 Å². The van der Waals surface area contributed by atoms with Gasteiger partial charge in [0.1, 0.15) is 12.0 Å². The van der Waals surface area contributed by atoms with Gasteiger partial charge < -0.3 is 4.74 Å². The third-order valence-electron chi connectivity index (χ3n) is 3.16. The molecule has 0 N–H and O–H groups in total. The molecule has 0 aromatic heterocycles. The van der Waals surface area contributed by atoms with Crippen LogP contribution in [0.25, 0.3) is 0 Å². The molecule has 0 heterocycles. The molecule has 0 spiro atoms. The lowest BCUT2D eigenvalue weighted by Crippen LogP contribution is -1.99. The van der Waals surface area contributed by atoms with Gasteiger partial charge in [-0.3, -0.25) is 4.79 Å². The van der Waals surface area contributed by atoms with Crippen molar-refractivity contribution in [1.82, 2.24) is 0 Å². The fraction of sp³-hybridized carbons (Fsp3) is 0.235. The first kappa shape index (κ1) is 15.2. The van der Waals surface area contributed by atoms with Crippen molar-refractivity contribution in [2.24, 2.45) is 0 Å². The lowest BCUT2D eigenvalue weighted by atomic mass is 10.0. The smallest absolute Gasteiger partial charge is 0.198 e. The van der Waals surface area contributed by atoms with Crippen LogP contribution in [0.5, 0.6) is 11.5 Å². The molecule has 0 saturated heterocycles. The van der Waals surface area contributed by atoms with Crippen molar-refractivity contribution in [1.29, 1.82) is 0 Å². The summed E-state index contributed by atoms with van der Waals surface area (Å²) in [6, 6.07) is 7.45. The average molecular weight is 290 g/mol. The number of hydrogen-bond acceptors (Lipinski definition) is 2. The van der Waals surface area contributed by atoms with Crippen molar-refractivity contribution < 1.29 is 18.3 Å². The van der Waals surface area contributed by atoms with Crippen molar-refractivity contribution in [3.63, 3.8) is 0 Å². The van der Waals surface area contributed by atoms with E-state index in [4.69, 9.17) is 4.74 Å². The number of aryl methyl sites for hydroxylation is 1. The van der Waals surface area contributed by atoms with E-state index in [-0.39, 0.29) is 11.5 Å². The van der Waals surface area contributed by atoms with Crippen molar-refractivity contribution in [3.8, 4) is 11.5 Å². The van der Waals surface area contributed by atoms with Crippen molar-refractivity contribution in [2.45, 2.75) is 26.7 Å². The maximum atomic E-state index is 13.9. The van der Waals surface area contributed by atoms with E-state index >= 15 is 0 Å². The quantitative estimate of drug-likeness (QED) is 0.740. The predicted molar refractivity (Wildman–Crippen MR) is 77.1 cm³/mol. The molecule has 2 aromatic carbocycles. The molecule has 0 bridgehead atoms. The third-order valence-corrected chi connectivity index (χ3v) is 3.16. The van der Waals surface area contributed by atoms with Crippen molar-refractivity contribution >= 4 is 6.29 Å². The second-order valence-corrected chi connectivity index (χ2v) is 5.23. The van der Waals surface area contributed by atoms with Gasteiger partial charge in [0.05, 0.1) is 0 Å². The zero-order chi connectivity index (χ0) is 15.6. The van der Waals surface area contributed by atoms with Gasteiger partial charge in [-0.25, -0.2) is 8.78 Å². The maximum absolute atomic E-state index is 13.9. The zero-order valence-corrected chi connectivity index (χ0v) is 12.1. The van der Waals surface area contributed by atoms with Gasteiger partial charge in [0.15, 0.2) is 17.4 Å². The first-order valence-corrected chi connectivity index (χ1v) is 6.65. The van der Waals surface area contributed by atoms with E-state index in [1.807, 2.05) is 32.9 Å². The van der Waals surface area contributed by atoms with E-state index in [1.54, 1.807) is 6.07 Å². The number of ether oxygens (including phenoxy) is 1. The molecule has 4 heteroatoms. The minimum atomic E-state index is -0.895. The zero-order valence-electron chi connectivity index (χ0n) is 12.1. The second kappa shape index (κ2) is 6.04. The number of benzene rings is 2. The number of hydrogen-bond donors (Lipinski definition) is 0. The molecule has 21 heavy (non-hydrogen) atoms. The molecule has 2 nitrogen and oxygen atoms in total. The summed E-state index contributed by atoms with van der Waals surface area (Å²) in [5.41, 5.74) is 1.73. The van der Waals surface area contributed by atoms with Crippen LogP contribution in [0.1, 0.15) is 41.3 Å². The summed E-state index contributed by atoms with van der Waals surface area (Å²) in [4.78, 5) is 10.6. The summed E-state index contributed by atoms with van der Waals surface area (Å²) in [6.07, 6.45) is 0.391. The molecular formula is C17H16F2O2. The van der Waals surface area contributed by atoms with Crippen LogP contribution in [-0.4, -0.2) is 6.29 Å². The number of rotatable bonds is 4. The number of halogens is 2. The minimum absolute atomic E-state index is 0.0642. The highest BCUT2D eigenvalue weighted by Gasteiger charge is 2.16. The second-order valence-electron chi connectivity index (χ2n) is 5.23. The fourth-order valence-corrected chi connectivity index (χ4v) is 2.06.